The zero-order chi connectivity index (χ0) is 15.5. The lowest BCUT2D eigenvalue weighted by atomic mass is 10.0. The molecule has 1 aliphatic heterocycles. The molecule has 2 rings (SSSR count). The number of piperidine rings is 1. The van der Waals surface area contributed by atoms with Crippen molar-refractivity contribution in [1.82, 2.24) is 5.32 Å². The third kappa shape index (κ3) is 4.85. The van der Waals surface area contributed by atoms with E-state index >= 15 is 0 Å². The Morgan fingerprint density at radius 3 is 2.86 bits per heavy atom. The second-order valence-corrected chi connectivity index (χ2v) is 6.45. The highest BCUT2D eigenvalue weighted by atomic mass is 16.6. The number of amides is 1. The van der Waals surface area contributed by atoms with Gasteiger partial charge in [-0.1, -0.05) is 6.07 Å². The van der Waals surface area contributed by atoms with Crippen LogP contribution in [0, 0.1) is 0 Å². The first kappa shape index (κ1) is 15.5. The Morgan fingerprint density at radius 1 is 1.43 bits per heavy atom. The normalized spacial score (nSPS) is 19.2. The minimum Gasteiger partial charge on any atom is -0.508 e. The van der Waals surface area contributed by atoms with E-state index in [2.05, 4.69) is 10.2 Å². The summed E-state index contributed by atoms with van der Waals surface area (Å²) in [4.78, 5) is 14.0. The van der Waals surface area contributed by atoms with E-state index in [1.165, 1.54) is 0 Å². The molecule has 5 heteroatoms. The molecule has 0 spiro atoms. The van der Waals surface area contributed by atoms with Gasteiger partial charge < -0.3 is 20.1 Å². The third-order valence-electron chi connectivity index (χ3n) is 3.34. The average molecular weight is 292 g/mol. The summed E-state index contributed by atoms with van der Waals surface area (Å²) >= 11 is 0. The van der Waals surface area contributed by atoms with Gasteiger partial charge in [0.05, 0.1) is 0 Å². The molecule has 0 aromatic heterocycles. The van der Waals surface area contributed by atoms with Crippen LogP contribution in [0.25, 0.3) is 0 Å². The van der Waals surface area contributed by atoms with Gasteiger partial charge in [0.25, 0.3) is 0 Å². The van der Waals surface area contributed by atoms with Crippen LogP contribution in [-0.4, -0.2) is 35.9 Å². The van der Waals surface area contributed by atoms with E-state index in [9.17, 15) is 9.90 Å². The van der Waals surface area contributed by atoms with Gasteiger partial charge in [0.1, 0.15) is 11.4 Å². The number of hydrogen-bond acceptors (Lipinski definition) is 4. The number of anilines is 1. The number of carbonyl (C=O) groups excluding carboxylic acids is 1. The number of rotatable bonds is 2. The molecule has 1 fully saturated rings. The van der Waals surface area contributed by atoms with E-state index in [1.54, 1.807) is 12.1 Å². The quantitative estimate of drug-likeness (QED) is 0.880. The Bertz CT molecular complexity index is 497. The number of carbonyl (C=O) groups is 1. The van der Waals surface area contributed by atoms with Gasteiger partial charge >= 0.3 is 6.09 Å². The molecule has 1 saturated heterocycles. The fourth-order valence-corrected chi connectivity index (χ4v) is 2.49. The first-order valence-electron chi connectivity index (χ1n) is 7.37. The summed E-state index contributed by atoms with van der Waals surface area (Å²) in [6.45, 7) is 7.21. The smallest absolute Gasteiger partial charge is 0.407 e. The van der Waals surface area contributed by atoms with Gasteiger partial charge in [-0.25, -0.2) is 4.79 Å². The number of hydrogen-bond donors (Lipinski definition) is 2. The van der Waals surface area contributed by atoms with Crippen molar-refractivity contribution >= 4 is 11.8 Å². The van der Waals surface area contributed by atoms with Gasteiger partial charge in [0.15, 0.2) is 0 Å². The molecular formula is C16H24N2O3. The van der Waals surface area contributed by atoms with Crippen LogP contribution in [0.5, 0.6) is 5.75 Å². The number of nitrogens with zero attached hydrogens (tertiary/aromatic N) is 1. The molecular weight excluding hydrogens is 268 g/mol. The minimum absolute atomic E-state index is 0.0657. The molecule has 1 aliphatic rings. The average Bonchev–Trinajstić information content (AvgIpc) is 2.36. The fraction of sp³-hybridized carbons (Fsp3) is 0.562. The molecule has 0 saturated carbocycles. The molecule has 116 valence electrons. The van der Waals surface area contributed by atoms with Crippen molar-refractivity contribution in [1.29, 1.82) is 0 Å². The maximum Gasteiger partial charge on any atom is 0.407 e. The number of benzene rings is 1. The summed E-state index contributed by atoms with van der Waals surface area (Å²) in [5, 5.41) is 12.5. The lowest BCUT2D eigenvalue weighted by Gasteiger charge is -2.35. The highest BCUT2D eigenvalue weighted by Gasteiger charge is 2.24. The standard InChI is InChI=1S/C16H24N2O3/c1-16(2,3)21-15(20)17-12-6-5-9-18(11-12)13-7-4-8-14(19)10-13/h4,7-8,10,12,19H,5-6,9,11H2,1-3H3,(H,17,20)/t12-/m0/s1. The van der Waals surface area contributed by atoms with Crippen LogP contribution < -0.4 is 10.2 Å². The van der Waals surface area contributed by atoms with Crippen LogP contribution >= 0.6 is 0 Å². The molecule has 0 aliphatic carbocycles. The molecule has 1 atom stereocenters. The molecule has 2 N–H and O–H groups in total. The van der Waals surface area contributed by atoms with Gasteiger partial charge in [0, 0.05) is 30.9 Å². The Kier molecular flexibility index (Phi) is 4.60. The second kappa shape index (κ2) is 6.24. The predicted octanol–water partition coefficient (Wildman–Crippen LogP) is 2.89. The Morgan fingerprint density at radius 2 is 2.19 bits per heavy atom. The number of phenols is 1. The largest absolute Gasteiger partial charge is 0.508 e. The van der Waals surface area contributed by atoms with Crippen LogP contribution in [0.1, 0.15) is 33.6 Å². The highest BCUT2D eigenvalue weighted by Crippen LogP contribution is 2.23. The third-order valence-corrected chi connectivity index (χ3v) is 3.34. The summed E-state index contributed by atoms with van der Waals surface area (Å²) < 4.78 is 5.29. The van der Waals surface area contributed by atoms with Crippen molar-refractivity contribution < 1.29 is 14.6 Å². The van der Waals surface area contributed by atoms with Crippen LogP contribution in [0.3, 0.4) is 0 Å². The maximum atomic E-state index is 11.8. The zero-order valence-corrected chi connectivity index (χ0v) is 12.9. The molecule has 0 unspecified atom stereocenters. The first-order valence-corrected chi connectivity index (χ1v) is 7.37. The number of nitrogens with one attached hydrogen (secondary N) is 1. The molecule has 1 aromatic rings. The van der Waals surface area contributed by atoms with Gasteiger partial charge in [-0.05, 0) is 45.7 Å². The topological polar surface area (TPSA) is 61.8 Å². The first-order chi connectivity index (χ1) is 9.83. The van der Waals surface area contributed by atoms with Crippen LogP contribution in [0.4, 0.5) is 10.5 Å². The summed E-state index contributed by atoms with van der Waals surface area (Å²) in [6, 6.07) is 7.26. The second-order valence-electron chi connectivity index (χ2n) is 6.45. The maximum absolute atomic E-state index is 11.8. The number of aromatic hydroxyl groups is 1. The van der Waals surface area contributed by atoms with E-state index < -0.39 is 5.60 Å². The fourth-order valence-electron chi connectivity index (χ4n) is 2.49. The molecule has 1 amide bonds. The molecule has 0 radical (unpaired) electrons. The van der Waals surface area contributed by atoms with Crippen molar-refractivity contribution in [3.05, 3.63) is 24.3 Å². The van der Waals surface area contributed by atoms with E-state index in [4.69, 9.17) is 4.74 Å². The molecule has 5 nitrogen and oxygen atoms in total. The SMILES string of the molecule is CC(C)(C)OC(=O)N[C@H]1CCCN(c2cccc(O)c2)C1. The minimum atomic E-state index is -0.482. The summed E-state index contributed by atoms with van der Waals surface area (Å²) in [6.07, 6.45) is 1.57. The van der Waals surface area contributed by atoms with Crippen molar-refractivity contribution in [2.24, 2.45) is 0 Å². The van der Waals surface area contributed by atoms with Crippen molar-refractivity contribution in [2.45, 2.75) is 45.3 Å². The monoisotopic (exact) mass is 292 g/mol. The Labute approximate surface area is 125 Å². The van der Waals surface area contributed by atoms with E-state index in [1.807, 2.05) is 32.9 Å². The summed E-state index contributed by atoms with van der Waals surface area (Å²) in [7, 11) is 0. The van der Waals surface area contributed by atoms with E-state index in [0.29, 0.717) is 0 Å². The van der Waals surface area contributed by atoms with Crippen molar-refractivity contribution in [3.8, 4) is 5.75 Å². The molecule has 0 bridgehead atoms. The van der Waals surface area contributed by atoms with E-state index in [-0.39, 0.29) is 17.9 Å². The number of ether oxygens (including phenoxy) is 1. The van der Waals surface area contributed by atoms with E-state index in [0.717, 1.165) is 31.6 Å². The Balaban J connectivity index is 1.93. The van der Waals surface area contributed by atoms with Gasteiger partial charge in [0.2, 0.25) is 0 Å². The molecule has 1 heterocycles. The zero-order valence-electron chi connectivity index (χ0n) is 12.9. The number of phenolic OH excluding ortho intramolecular Hbond substituents is 1. The van der Waals surface area contributed by atoms with Gasteiger partial charge in [-0.3, -0.25) is 0 Å². The summed E-state index contributed by atoms with van der Waals surface area (Å²) in [5.74, 6) is 0.259. The highest BCUT2D eigenvalue weighted by molar-refractivity contribution is 5.68. The van der Waals surface area contributed by atoms with Crippen LogP contribution in [0.15, 0.2) is 24.3 Å². The number of alkyl carbamates (subject to hydrolysis) is 1. The Hall–Kier alpha value is -1.91. The van der Waals surface area contributed by atoms with Crippen LogP contribution in [-0.2, 0) is 4.74 Å². The van der Waals surface area contributed by atoms with Gasteiger partial charge in [-0.2, -0.15) is 0 Å². The molecule has 1 aromatic carbocycles. The lowest BCUT2D eigenvalue weighted by Crippen LogP contribution is -2.49. The van der Waals surface area contributed by atoms with Crippen molar-refractivity contribution in [3.63, 3.8) is 0 Å². The van der Waals surface area contributed by atoms with Crippen LogP contribution in [0.2, 0.25) is 0 Å². The predicted molar refractivity (Wildman–Crippen MR) is 82.7 cm³/mol. The summed E-state index contributed by atoms with van der Waals surface area (Å²) in [5.41, 5.74) is 0.495. The lowest BCUT2D eigenvalue weighted by molar-refractivity contribution is 0.0500. The molecule has 21 heavy (non-hydrogen) atoms. The van der Waals surface area contributed by atoms with Gasteiger partial charge in [-0.15, -0.1) is 0 Å². The van der Waals surface area contributed by atoms with Crippen molar-refractivity contribution in [2.75, 3.05) is 18.0 Å².